The molecule has 2 aromatic carbocycles. The molecule has 1 amide bonds. The third-order valence-electron chi connectivity index (χ3n) is 4.85. The topological polar surface area (TPSA) is 69.6 Å². The number of rotatable bonds is 2. The lowest BCUT2D eigenvalue weighted by molar-refractivity contribution is -0.131. The number of carboxylic acid groups (broad SMARTS) is 1. The van der Waals surface area contributed by atoms with Crippen molar-refractivity contribution in [3.8, 4) is 11.1 Å². The maximum absolute atomic E-state index is 12.3. The third kappa shape index (κ3) is 2.62. The first-order chi connectivity index (χ1) is 12.0. The number of amides is 1. The first-order valence-corrected chi connectivity index (χ1v) is 8.23. The maximum atomic E-state index is 12.3. The quantitative estimate of drug-likeness (QED) is 0.829. The summed E-state index contributed by atoms with van der Waals surface area (Å²) >= 11 is 0. The zero-order chi connectivity index (χ0) is 17.6. The van der Waals surface area contributed by atoms with Gasteiger partial charge in [0.2, 0.25) is 0 Å². The van der Waals surface area contributed by atoms with Gasteiger partial charge in [0.15, 0.2) is 0 Å². The molecule has 0 bridgehead atoms. The highest BCUT2D eigenvalue weighted by Crippen LogP contribution is 2.43. The molecular weight excluding hydrogens is 316 g/mol. The van der Waals surface area contributed by atoms with Gasteiger partial charge in [0.1, 0.15) is 0 Å². The van der Waals surface area contributed by atoms with E-state index in [9.17, 15) is 9.59 Å². The Morgan fingerprint density at radius 3 is 2.68 bits per heavy atom. The fourth-order valence-corrected chi connectivity index (χ4v) is 3.69. The SMILES string of the molecule is CN1CCc2c(-c3ccccc3)cc3c(c2C1)NC(=O)C3=CC(=O)O. The minimum Gasteiger partial charge on any atom is -0.478 e. The lowest BCUT2D eigenvalue weighted by atomic mass is 9.86. The van der Waals surface area contributed by atoms with Crippen LogP contribution in [-0.4, -0.2) is 35.5 Å². The van der Waals surface area contributed by atoms with Crippen molar-refractivity contribution in [1.29, 1.82) is 0 Å². The molecule has 5 nitrogen and oxygen atoms in total. The average Bonchev–Trinajstić information content (AvgIpc) is 2.90. The number of aliphatic carboxylic acids is 1. The van der Waals surface area contributed by atoms with Gasteiger partial charge in [-0.1, -0.05) is 30.3 Å². The number of benzene rings is 2. The van der Waals surface area contributed by atoms with Crippen LogP contribution in [0, 0.1) is 0 Å². The van der Waals surface area contributed by atoms with Crippen LogP contribution < -0.4 is 5.32 Å². The molecule has 0 aliphatic carbocycles. The number of likely N-dealkylation sites (N-methyl/N-ethyl adjacent to an activating group) is 1. The molecule has 0 atom stereocenters. The van der Waals surface area contributed by atoms with Crippen LogP contribution in [0.4, 0.5) is 5.69 Å². The molecule has 4 rings (SSSR count). The fourth-order valence-electron chi connectivity index (χ4n) is 3.69. The first-order valence-electron chi connectivity index (χ1n) is 8.23. The van der Waals surface area contributed by atoms with Gasteiger partial charge in [0, 0.05) is 24.7 Å². The van der Waals surface area contributed by atoms with Gasteiger partial charge in [-0.2, -0.15) is 0 Å². The van der Waals surface area contributed by atoms with Crippen LogP contribution in [0.25, 0.3) is 16.7 Å². The molecule has 2 aliphatic heterocycles. The van der Waals surface area contributed by atoms with E-state index < -0.39 is 5.97 Å². The molecule has 2 aromatic rings. The predicted molar refractivity (Wildman–Crippen MR) is 96.2 cm³/mol. The molecule has 2 heterocycles. The second kappa shape index (κ2) is 5.86. The number of hydrogen-bond donors (Lipinski definition) is 2. The Kier molecular flexibility index (Phi) is 3.66. The Morgan fingerprint density at radius 2 is 1.96 bits per heavy atom. The summed E-state index contributed by atoms with van der Waals surface area (Å²) in [4.78, 5) is 25.7. The monoisotopic (exact) mass is 334 g/mol. The Morgan fingerprint density at radius 1 is 1.20 bits per heavy atom. The van der Waals surface area contributed by atoms with Crippen molar-refractivity contribution in [1.82, 2.24) is 4.90 Å². The van der Waals surface area contributed by atoms with E-state index in [1.54, 1.807) is 0 Å². The van der Waals surface area contributed by atoms with Gasteiger partial charge < -0.3 is 15.3 Å². The van der Waals surface area contributed by atoms with Crippen molar-refractivity contribution in [2.45, 2.75) is 13.0 Å². The largest absolute Gasteiger partial charge is 0.478 e. The lowest BCUT2D eigenvalue weighted by Gasteiger charge is -2.29. The first kappa shape index (κ1) is 15.6. The molecule has 0 fully saturated rings. The van der Waals surface area contributed by atoms with E-state index >= 15 is 0 Å². The van der Waals surface area contributed by atoms with E-state index in [-0.39, 0.29) is 11.5 Å². The molecular formula is C20H18N2O3. The van der Waals surface area contributed by atoms with E-state index in [1.807, 2.05) is 36.4 Å². The van der Waals surface area contributed by atoms with Crippen molar-refractivity contribution in [3.05, 3.63) is 59.2 Å². The zero-order valence-corrected chi connectivity index (χ0v) is 13.9. The van der Waals surface area contributed by atoms with Crippen molar-refractivity contribution >= 4 is 23.1 Å². The third-order valence-corrected chi connectivity index (χ3v) is 4.85. The second-order valence-electron chi connectivity index (χ2n) is 6.51. The van der Waals surface area contributed by atoms with Crippen molar-refractivity contribution in [2.24, 2.45) is 0 Å². The predicted octanol–water partition coefficient (Wildman–Crippen LogP) is 2.76. The molecule has 0 spiro atoms. The molecule has 25 heavy (non-hydrogen) atoms. The minimum atomic E-state index is -1.12. The molecule has 2 N–H and O–H groups in total. The highest BCUT2D eigenvalue weighted by Gasteiger charge is 2.32. The van der Waals surface area contributed by atoms with Gasteiger partial charge in [0.25, 0.3) is 5.91 Å². The number of carbonyl (C=O) groups is 2. The highest BCUT2D eigenvalue weighted by molar-refractivity contribution is 6.34. The van der Waals surface area contributed by atoms with Crippen molar-refractivity contribution < 1.29 is 14.7 Å². The maximum Gasteiger partial charge on any atom is 0.329 e. The summed E-state index contributed by atoms with van der Waals surface area (Å²) in [5.41, 5.74) is 6.15. The summed E-state index contributed by atoms with van der Waals surface area (Å²) in [5.74, 6) is -1.47. The summed E-state index contributed by atoms with van der Waals surface area (Å²) < 4.78 is 0. The number of hydrogen-bond acceptors (Lipinski definition) is 3. The van der Waals surface area contributed by atoms with E-state index in [0.717, 1.165) is 48.0 Å². The Balaban J connectivity index is 1.99. The summed E-state index contributed by atoms with van der Waals surface area (Å²) in [6, 6.07) is 12.0. The van der Waals surface area contributed by atoms with Gasteiger partial charge in [0.05, 0.1) is 11.3 Å². The Bertz CT molecular complexity index is 916. The standard InChI is InChI=1S/C20H18N2O3/c1-22-8-7-13-14(12-5-3-2-4-6-12)9-15-16(10-18(23)24)20(25)21-19(15)17(13)11-22/h2-6,9-10H,7-8,11H2,1H3,(H,21,25)(H,23,24). The summed E-state index contributed by atoms with van der Waals surface area (Å²) in [6.07, 6.45) is 1.89. The van der Waals surface area contributed by atoms with Crippen LogP contribution >= 0.6 is 0 Å². The lowest BCUT2D eigenvalue weighted by Crippen LogP contribution is -2.27. The fraction of sp³-hybridized carbons (Fsp3) is 0.200. The van der Waals surface area contributed by atoms with Crippen LogP contribution in [0.15, 0.2) is 42.5 Å². The van der Waals surface area contributed by atoms with Crippen LogP contribution in [0.3, 0.4) is 0 Å². The summed E-state index contributed by atoms with van der Waals surface area (Å²) in [6.45, 7) is 1.69. The van der Waals surface area contributed by atoms with E-state index in [4.69, 9.17) is 5.11 Å². The number of nitrogens with one attached hydrogen (secondary N) is 1. The molecule has 0 saturated heterocycles. The molecule has 0 saturated carbocycles. The van der Waals surface area contributed by atoms with Crippen molar-refractivity contribution in [2.75, 3.05) is 18.9 Å². The summed E-state index contributed by atoms with van der Waals surface area (Å²) in [7, 11) is 2.05. The van der Waals surface area contributed by atoms with Gasteiger partial charge in [-0.15, -0.1) is 0 Å². The minimum absolute atomic E-state index is 0.218. The smallest absolute Gasteiger partial charge is 0.329 e. The zero-order valence-electron chi connectivity index (χ0n) is 13.9. The van der Waals surface area contributed by atoms with Crippen LogP contribution in [-0.2, 0) is 22.6 Å². The Hall–Kier alpha value is -2.92. The summed E-state index contributed by atoms with van der Waals surface area (Å²) in [5, 5.41) is 12.0. The van der Waals surface area contributed by atoms with Gasteiger partial charge in [-0.3, -0.25) is 4.79 Å². The van der Waals surface area contributed by atoms with Gasteiger partial charge in [-0.05, 0) is 41.8 Å². The number of fused-ring (bicyclic) bond motifs is 3. The van der Waals surface area contributed by atoms with E-state index in [1.165, 1.54) is 5.56 Å². The van der Waals surface area contributed by atoms with Crippen LogP contribution in [0.2, 0.25) is 0 Å². The molecule has 0 unspecified atom stereocenters. The van der Waals surface area contributed by atoms with Gasteiger partial charge in [-0.25, -0.2) is 4.79 Å². The van der Waals surface area contributed by atoms with Gasteiger partial charge >= 0.3 is 5.97 Å². The van der Waals surface area contributed by atoms with Crippen LogP contribution in [0.5, 0.6) is 0 Å². The number of carbonyl (C=O) groups excluding carboxylic acids is 1. The number of carboxylic acids is 1. The molecule has 126 valence electrons. The molecule has 0 radical (unpaired) electrons. The number of nitrogens with zero attached hydrogens (tertiary/aromatic N) is 1. The average molecular weight is 334 g/mol. The highest BCUT2D eigenvalue weighted by atomic mass is 16.4. The van der Waals surface area contributed by atoms with E-state index in [0.29, 0.717) is 5.56 Å². The normalized spacial score (nSPS) is 18.0. The van der Waals surface area contributed by atoms with Crippen molar-refractivity contribution in [3.63, 3.8) is 0 Å². The number of anilines is 1. The molecule has 5 heteroatoms. The van der Waals surface area contributed by atoms with E-state index in [2.05, 4.69) is 17.3 Å². The Labute approximate surface area is 145 Å². The van der Waals surface area contributed by atoms with Crippen LogP contribution in [0.1, 0.15) is 16.7 Å². The second-order valence-corrected chi connectivity index (χ2v) is 6.51. The molecule has 0 aromatic heterocycles. The molecule has 2 aliphatic rings.